The third-order valence-electron chi connectivity index (χ3n) is 2.43. The minimum atomic E-state index is 0.0266. The number of carbonyl (C=O) groups is 1. The van der Waals surface area contributed by atoms with Gasteiger partial charge in [0.25, 0.3) is 0 Å². The number of hydrogen-bond donors (Lipinski definition) is 2. The lowest BCUT2D eigenvalue weighted by atomic mass is 10.2. The first-order valence-electron chi connectivity index (χ1n) is 5.94. The Labute approximate surface area is 113 Å². The van der Waals surface area contributed by atoms with Crippen LogP contribution in [-0.2, 0) is 16.1 Å². The predicted molar refractivity (Wildman–Crippen MR) is 72.7 cm³/mol. The Morgan fingerprint density at radius 2 is 2.11 bits per heavy atom. The van der Waals surface area contributed by atoms with E-state index >= 15 is 0 Å². The van der Waals surface area contributed by atoms with E-state index in [4.69, 9.17) is 16.3 Å². The number of halogens is 1. The number of carbonyl (C=O) groups excluding carboxylic acids is 1. The van der Waals surface area contributed by atoms with Gasteiger partial charge in [-0.3, -0.25) is 4.79 Å². The number of amides is 1. The fourth-order valence-corrected chi connectivity index (χ4v) is 1.65. The third kappa shape index (κ3) is 6.00. The second-order valence-corrected chi connectivity index (χ2v) is 4.27. The van der Waals surface area contributed by atoms with E-state index in [9.17, 15) is 4.79 Å². The summed E-state index contributed by atoms with van der Waals surface area (Å²) in [5.41, 5.74) is 1.04. The number of ether oxygens (including phenoxy) is 1. The molecule has 4 nitrogen and oxygen atoms in total. The lowest BCUT2D eigenvalue weighted by molar-refractivity contribution is -0.121. The Kier molecular flexibility index (Phi) is 7.41. The van der Waals surface area contributed by atoms with Crippen LogP contribution in [0.2, 0.25) is 5.02 Å². The van der Waals surface area contributed by atoms with Gasteiger partial charge in [-0.05, 0) is 11.6 Å². The van der Waals surface area contributed by atoms with Crippen molar-refractivity contribution in [2.24, 2.45) is 0 Å². The number of benzene rings is 1. The van der Waals surface area contributed by atoms with Gasteiger partial charge in [0.1, 0.15) is 0 Å². The molecule has 0 spiro atoms. The fraction of sp³-hybridized carbons (Fsp3) is 0.462. The van der Waals surface area contributed by atoms with Crippen molar-refractivity contribution in [1.29, 1.82) is 0 Å². The molecule has 0 heterocycles. The average Bonchev–Trinajstić information content (AvgIpc) is 2.37. The highest BCUT2D eigenvalue weighted by Crippen LogP contribution is 2.13. The summed E-state index contributed by atoms with van der Waals surface area (Å²) < 4.78 is 4.84. The smallest absolute Gasteiger partial charge is 0.221 e. The maximum absolute atomic E-state index is 11.4. The predicted octanol–water partition coefficient (Wildman–Crippen LogP) is 1.58. The standard InChI is InChI=1S/C13H19ClN2O2/c1-18-9-8-16-13(17)6-7-15-10-11-4-2-3-5-12(11)14/h2-5,15H,6-10H2,1H3,(H,16,17). The summed E-state index contributed by atoms with van der Waals surface area (Å²) >= 11 is 6.02. The van der Waals surface area contributed by atoms with Crippen LogP contribution in [0.1, 0.15) is 12.0 Å². The maximum Gasteiger partial charge on any atom is 0.221 e. The van der Waals surface area contributed by atoms with Gasteiger partial charge < -0.3 is 15.4 Å². The van der Waals surface area contributed by atoms with E-state index in [-0.39, 0.29) is 5.91 Å². The topological polar surface area (TPSA) is 50.4 Å². The van der Waals surface area contributed by atoms with Crippen LogP contribution in [0.3, 0.4) is 0 Å². The van der Waals surface area contributed by atoms with Gasteiger partial charge in [0.2, 0.25) is 5.91 Å². The Morgan fingerprint density at radius 1 is 1.33 bits per heavy atom. The van der Waals surface area contributed by atoms with E-state index in [1.165, 1.54) is 0 Å². The molecule has 1 amide bonds. The molecule has 0 saturated carbocycles. The molecular formula is C13H19ClN2O2. The number of nitrogens with one attached hydrogen (secondary N) is 2. The summed E-state index contributed by atoms with van der Waals surface area (Å²) in [6.45, 7) is 2.40. The first-order chi connectivity index (χ1) is 8.74. The quantitative estimate of drug-likeness (QED) is 0.705. The lowest BCUT2D eigenvalue weighted by Gasteiger charge is -2.07. The highest BCUT2D eigenvalue weighted by Gasteiger charge is 2.01. The Balaban J connectivity index is 2.12. The van der Waals surface area contributed by atoms with Gasteiger partial charge in [-0.1, -0.05) is 29.8 Å². The summed E-state index contributed by atoms with van der Waals surface area (Å²) in [6.07, 6.45) is 0.453. The molecule has 2 N–H and O–H groups in total. The monoisotopic (exact) mass is 270 g/mol. The molecule has 0 fully saturated rings. The van der Waals surface area contributed by atoms with Gasteiger partial charge in [-0.15, -0.1) is 0 Å². The van der Waals surface area contributed by atoms with Crippen molar-refractivity contribution in [3.05, 3.63) is 34.9 Å². The van der Waals surface area contributed by atoms with E-state index in [1.807, 2.05) is 24.3 Å². The zero-order chi connectivity index (χ0) is 13.2. The van der Waals surface area contributed by atoms with Gasteiger partial charge in [0, 0.05) is 38.2 Å². The summed E-state index contributed by atoms with van der Waals surface area (Å²) in [5, 5.41) is 6.70. The lowest BCUT2D eigenvalue weighted by Crippen LogP contribution is -2.29. The van der Waals surface area contributed by atoms with Crippen LogP contribution in [0, 0.1) is 0 Å². The van der Waals surface area contributed by atoms with E-state index in [2.05, 4.69) is 10.6 Å². The molecule has 5 heteroatoms. The van der Waals surface area contributed by atoms with Crippen LogP contribution in [0.5, 0.6) is 0 Å². The highest BCUT2D eigenvalue weighted by atomic mass is 35.5. The molecule has 0 aromatic heterocycles. The average molecular weight is 271 g/mol. The summed E-state index contributed by atoms with van der Waals surface area (Å²) in [5.74, 6) is 0.0266. The zero-order valence-corrected chi connectivity index (χ0v) is 11.3. The van der Waals surface area contributed by atoms with Crippen molar-refractivity contribution >= 4 is 17.5 Å². The van der Waals surface area contributed by atoms with Gasteiger partial charge in [0.15, 0.2) is 0 Å². The van der Waals surface area contributed by atoms with Crippen molar-refractivity contribution in [1.82, 2.24) is 10.6 Å². The van der Waals surface area contributed by atoms with Crippen LogP contribution < -0.4 is 10.6 Å². The number of rotatable bonds is 8. The maximum atomic E-state index is 11.4. The Bertz CT molecular complexity index is 372. The summed E-state index contributed by atoms with van der Waals surface area (Å²) in [7, 11) is 1.61. The van der Waals surface area contributed by atoms with E-state index in [1.54, 1.807) is 7.11 Å². The first-order valence-corrected chi connectivity index (χ1v) is 6.31. The molecule has 0 saturated heterocycles. The summed E-state index contributed by atoms with van der Waals surface area (Å²) in [4.78, 5) is 11.4. The molecule has 100 valence electrons. The van der Waals surface area contributed by atoms with Gasteiger partial charge in [-0.2, -0.15) is 0 Å². The molecule has 0 atom stereocenters. The second kappa shape index (κ2) is 8.91. The van der Waals surface area contributed by atoms with Crippen LogP contribution in [0.4, 0.5) is 0 Å². The molecule has 0 aliphatic carbocycles. The molecule has 0 bridgehead atoms. The van der Waals surface area contributed by atoms with E-state index < -0.39 is 0 Å². The molecular weight excluding hydrogens is 252 g/mol. The van der Waals surface area contributed by atoms with Gasteiger partial charge in [-0.25, -0.2) is 0 Å². The molecule has 0 aliphatic rings. The highest BCUT2D eigenvalue weighted by molar-refractivity contribution is 6.31. The second-order valence-electron chi connectivity index (χ2n) is 3.86. The molecule has 1 aromatic carbocycles. The van der Waals surface area contributed by atoms with Crippen molar-refractivity contribution in [3.63, 3.8) is 0 Å². The molecule has 18 heavy (non-hydrogen) atoms. The van der Waals surface area contributed by atoms with E-state index in [0.717, 1.165) is 10.6 Å². The van der Waals surface area contributed by atoms with Crippen molar-refractivity contribution in [2.75, 3.05) is 26.8 Å². The molecule has 0 radical (unpaired) electrons. The SMILES string of the molecule is COCCNC(=O)CCNCc1ccccc1Cl. The minimum Gasteiger partial charge on any atom is -0.383 e. The van der Waals surface area contributed by atoms with Crippen LogP contribution in [-0.4, -0.2) is 32.7 Å². The molecule has 1 aromatic rings. The Hall–Kier alpha value is -1.10. The van der Waals surface area contributed by atoms with Crippen LogP contribution >= 0.6 is 11.6 Å². The number of hydrogen-bond acceptors (Lipinski definition) is 3. The number of methoxy groups -OCH3 is 1. The van der Waals surface area contributed by atoms with Crippen molar-refractivity contribution in [3.8, 4) is 0 Å². The Morgan fingerprint density at radius 3 is 2.83 bits per heavy atom. The first kappa shape index (κ1) is 15.0. The minimum absolute atomic E-state index is 0.0266. The van der Waals surface area contributed by atoms with Crippen LogP contribution in [0.15, 0.2) is 24.3 Å². The third-order valence-corrected chi connectivity index (χ3v) is 2.80. The normalized spacial score (nSPS) is 10.3. The van der Waals surface area contributed by atoms with E-state index in [0.29, 0.717) is 32.7 Å². The zero-order valence-electron chi connectivity index (χ0n) is 10.5. The molecule has 0 aliphatic heterocycles. The van der Waals surface area contributed by atoms with Gasteiger partial charge in [0.05, 0.1) is 6.61 Å². The van der Waals surface area contributed by atoms with Crippen LogP contribution in [0.25, 0.3) is 0 Å². The molecule has 0 unspecified atom stereocenters. The summed E-state index contributed by atoms with van der Waals surface area (Å²) in [6, 6.07) is 7.67. The molecule has 1 rings (SSSR count). The fourth-order valence-electron chi connectivity index (χ4n) is 1.45. The van der Waals surface area contributed by atoms with Crippen molar-refractivity contribution < 1.29 is 9.53 Å². The van der Waals surface area contributed by atoms with Crippen molar-refractivity contribution in [2.45, 2.75) is 13.0 Å². The van der Waals surface area contributed by atoms with Gasteiger partial charge >= 0.3 is 0 Å². The largest absolute Gasteiger partial charge is 0.383 e.